The highest BCUT2D eigenvalue weighted by atomic mass is 79.9. The van der Waals surface area contributed by atoms with Crippen molar-refractivity contribution in [3.8, 4) is 0 Å². The molecule has 0 saturated heterocycles. The molecule has 0 bridgehead atoms. The second-order valence-electron chi connectivity index (χ2n) is 3.58. The van der Waals surface area contributed by atoms with Gasteiger partial charge in [0.2, 0.25) is 0 Å². The molecule has 0 fully saturated rings. The van der Waals surface area contributed by atoms with Gasteiger partial charge in [0.1, 0.15) is 0 Å². The van der Waals surface area contributed by atoms with Crippen molar-refractivity contribution in [3.05, 3.63) is 27.2 Å². The molecule has 0 radical (unpaired) electrons. The fourth-order valence-corrected chi connectivity index (χ4v) is 1.91. The Kier molecular flexibility index (Phi) is 2.65. The van der Waals surface area contributed by atoms with E-state index in [1.54, 1.807) is 10.8 Å². The highest BCUT2D eigenvalue weighted by Crippen LogP contribution is 2.18. The van der Waals surface area contributed by atoms with Crippen molar-refractivity contribution in [2.75, 3.05) is 0 Å². The number of hydrogen-bond acceptors (Lipinski definition) is 2. The van der Waals surface area contributed by atoms with E-state index >= 15 is 0 Å². The molecule has 0 aliphatic carbocycles. The van der Waals surface area contributed by atoms with Crippen LogP contribution >= 0.6 is 15.9 Å². The van der Waals surface area contributed by atoms with Crippen molar-refractivity contribution < 1.29 is 0 Å². The molecule has 2 aromatic rings. The molecule has 0 aromatic carbocycles. The minimum atomic E-state index is -0.0926. The lowest BCUT2D eigenvalue weighted by atomic mass is 10.2. The van der Waals surface area contributed by atoms with E-state index in [1.165, 1.54) is 0 Å². The van der Waals surface area contributed by atoms with Gasteiger partial charge in [-0.2, -0.15) is 0 Å². The van der Waals surface area contributed by atoms with E-state index in [9.17, 15) is 4.79 Å². The average molecular weight is 270 g/mol. The maximum Gasteiger partial charge on any atom is 0.327 e. The number of hydrogen-bond donors (Lipinski definition) is 1. The van der Waals surface area contributed by atoms with Crippen molar-refractivity contribution in [1.29, 1.82) is 0 Å². The van der Waals surface area contributed by atoms with E-state index < -0.39 is 0 Å². The van der Waals surface area contributed by atoms with Crippen molar-refractivity contribution in [1.82, 2.24) is 14.5 Å². The summed E-state index contributed by atoms with van der Waals surface area (Å²) in [7, 11) is 0. The molecule has 80 valence electrons. The van der Waals surface area contributed by atoms with Crippen LogP contribution in [0.4, 0.5) is 0 Å². The molecule has 0 saturated carbocycles. The second-order valence-corrected chi connectivity index (χ2v) is 4.50. The zero-order valence-corrected chi connectivity index (χ0v) is 10.2. The minimum absolute atomic E-state index is 0.0926. The fourth-order valence-electron chi connectivity index (χ4n) is 1.58. The monoisotopic (exact) mass is 269 g/mol. The van der Waals surface area contributed by atoms with Crippen LogP contribution < -0.4 is 5.69 Å². The van der Waals surface area contributed by atoms with Gasteiger partial charge < -0.3 is 4.98 Å². The van der Waals surface area contributed by atoms with E-state index in [-0.39, 0.29) is 11.7 Å². The summed E-state index contributed by atoms with van der Waals surface area (Å²) in [6.07, 6.45) is 2.61. The zero-order valence-electron chi connectivity index (χ0n) is 8.62. The van der Waals surface area contributed by atoms with Crippen LogP contribution in [-0.4, -0.2) is 14.5 Å². The summed E-state index contributed by atoms with van der Waals surface area (Å²) < 4.78 is 2.56. The summed E-state index contributed by atoms with van der Waals surface area (Å²) in [6, 6.07) is 2.03. The van der Waals surface area contributed by atoms with Crippen molar-refractivity contribution in [3.63, 3.8) is 0 Å². The molecule has 4 nitrogen and oxygen atoms in total. The number of rotatable bonds is 2. The molecule has 15 heavy (non-hydrogen) atoms. The van der Waals surface area contributed by atoms with Crippen LogP contribution in [0.2, 0.25) is 0 Å². The number of fused-ring (bicyclic) bond motifs is 1. The Bertz CT molecular complexity index is 543. The second kappa shape index (κ2) is 3.81. The Morgan fingerprint density at radius 3 is 3.07 bits per heavy atom. The molecule has 1 atom stereocenters. The minimum Gasteiger partial charge on any atom is -0.304 e. The number of aromatic nitrogens is 3. The Balaban J connectivity index is 2.74. The van der Waals surface area contributed by atoms with Crippen LogP contribution in [0.5, 0.6) is 0 Å². The Labute approximate surface area is 95.5 Å². The van der Waals surface area contributed by atoms with Gasteiger partial charge in [0.25, 0.3) is 0 Å². The number of halogens is 1. The van der Waals surface area contributed by atoms with Crippen LogP contribution in [0, 0.1) is 0 Å². The molecule has 0 aliphatic rings. The molecule has 0 aliphatic heterocycles. The van der Waals surface area contributed by atoms with E-state index in [1.807, 2.05) is 13.0 Å². The zero-order chi connectivity index (χ0) is 11.0. The molecular weight excluding hydrogens is 258 g/mol. The number of H-pyrrole nitrogens is 1. The third kappa shape index (κ3) is 1.71. The Hall–Kier alpha value is -1.10. The summed E-state index contributed by atoms with van der Waals surface area (Å²) in [5.74, 6) is 0. The van der Waals surface area contributed by atoms with E-state index in [0.717, 1.165) is 22.1 Å². The molecule has 1 unspecified atom stereocenters. The smallest absolute Gasteiger partial charge is 0.304 e. The van der Waals surface area contributed by atoms with Gasteiger partial charge in [-0.1, -0.05) is 6.92 Å². The Morgan fingerprint density at radius 1 is 1.67 bits per heavy atom. The quantitative estimate of drug-likeness (QED) is 0.911. The first-order valence-corrected chi connectivity index (χ1v) is 5.68. The molecule has 2 aromatic heterocycles. The van der Waals surface area contributed by atoms with Crippen LogP contribution in [0.25, 0.3) is 11.2 Å². The average Bonchev–Trinajstić information content (AvgIpc) is 2.52. The van der Waals surface area contributed by atoms with Crippen LogP contribution in [-0.2, 0) is 0 Å². The number of pyridine rings is 1. The number of imidazole rings is 1. The van der Waals surface area contributed by atoms with E-state index in [4.69, 9.17) is 0 Å². The first-order valence-electron chi connectivity index (χ1n) is 4.89. The molecule has 1 N–H and O–H groups in total. The molecular formula is C10H12BrN3O. The Morgan fingerprint density at radius 2 is 2.40 bits per heavy atom. The molecule has 2 heterocycles. The topological polar surface area (TPSA) is 50.7 Å². The number of aromatic amines is 1. The van der Waals surface area contributed by atoms with Crippen LogP contribution in [0.3, 0.4) is 0 Å². The predicted octanol–water partition coefficient (Wildman–Crippen LogP) is 2.46. The molecule has 5 heteroatoms. The van der Waals surface area contributed by atoms with E-state index in [0.29, 0.717) is 0 Å². The first kappa shape index (κ1) is 10.4. The van der Waals surface area contributed by atoms with Gasteiger partial charge in [0.05, 0.1) is 5.52 Å². The lowest BCUT2D eigenvalue weighted by Crippen LogP contribution is -2.20. The van der Waals surface area contributed by atoms with Crippen molar-refractivity contribution >= 4 is 27.1 Å². The normalized spacial score (nSPS) is 13.3. The maximum absolute atomic E-state index is 11.7. The van der Waals surface area contributed by atoms with Crippen LogP contribution in [0.1, 0.15) is 26.3 Å². The first-order chi connectivity index (χ1) is 7.13. The lowest BCUT2D eigenvalue weighted by molar-refractivity contribution is 0.526. The summed E-state index contributed by atoms with van der Waals surface area (Å²) in [5, 5.41) is 0. The standard InChI is InChI=1S/C10H12BrN3O/c1-3-6(2)14-9-8(13-10(14)15)4-7(11)5-12-9/h4-6H,3H2,1-2H3,(H,13,15). The highest BCUT2D eigenvalue weighted by Gasteiger charge is 2.12. The van der Waals surface area contributed by atoms with E-state index in [2.05, 4.69) is 32.8 Å². The summed E-state index contributed by atoms with van der Waals surface area (Å²) in [6.45, 7) is 4.06. The maximum atomic E-state index is 11.7. The third-order valence-corrected chi connectivity index (χ3v) is 2.99. The van der Waals surface area contributed by atoms with Gasteiger partial charge in [-0.05, 0) is 35.3 Å². The van der Waals surface area contributed by atoms with Gasteiger partial charge in [-0.15, -0.1) is 0 Å². The van der Waals surface area contributed by atoms with Gasteiger partial charge in [0, 0.05) is 16.7 Å². The van der Waals surface area contributed by atoms with Crippen molar-refractivity contribution in [2.24, 2.45) is 0 Å². The molecule has 0 spiro atoms. The SMILES string of the molecule is CCC(C)n1c(=O)[nH]c2cc(Br)cnc21. The molecule has 2 rings (SSSR count). The largest absolute Gasteiger partial charge is 0.327 e. The van der Waals surface area contributed by atoms with Gasteiger partial charge in [-0.25, -0.2) is 9.78 Å². The molecule has 0 amide bonds. The summed E-state index contributed by atoms with van der Waals surface area (Å²) in [5.41, 5.74) is 1.40. The van der Waals surface area contributed by atoms with Gasteiger partial charge in [0.15, 0.2) is 5.65 Å². The predicted molar refractivity (Wildman–Crippen MR) is 63.1 cm³/mol. The fraction of sp³-hybridized carbons (Fsp3) is 0.400. The highest BCUT2D eigenvalue weighted by molar-refractivity contribution is 9.10. The number of nitrogens with one attached hydrogen (secondary N) is 1. The van der Waals surface area contributed by atoms with Gasteiger partial charge in [-0.3, -0.25) is 4.57 Å². The third-order valence-electron chi connectivity index (χ3n) is 2.55. The van der Waals surface area contributed by atoms with Crippen molar-refractivity contribution in [2.45, 2.75) is 26.3 Å². The van der Waals surface area contributed by atoms with Gasteiger partial charge >= 0.3 is 5.69 Å². The summed E-state index contributed by atoms with van der Waals surface area (Å²) >= 11 is 3.33. The van der Waals surface area contributed by atoms with Crippen LogP contribution in [0.15, 0.2) is 21.5 Å². The lowest BCUT2D eigenvalue weighted by Gasteiger charge is -2.09. The number of nitrogens with zero attached hydrogens (tertiary/aromatic N) is 2. The summed E-state index contributed by atoms with van der Waals surface area (Å²) in [4.78, 5) is 18.8.